The summed E-state index contributed by atoms with van der Waals surface area (Å²) in [5, 5.41) is 9.51. The van der Waals surface area contributed by atoms with E-state index in [1.807, 2.05) is 17.5 Å². The summed E-state index contributed by atoms with van der Waals surface area (Å²) in [6, 6.07) is 17.6. The zero-order valence-electron chi connectivity index (χ0n) is 17.8. The number of hydrogen-bond donors (Lipinski definition) is 1. The zero-order chi connectivity index (χ0) is 24.1. The molecule has 2 aromatic carbocycles. The van der Waals surface area contributed by atoms with Gasteiger partial charge in [-0.2, -0.15) is 9.50 Å². The van der Waals surface area contributed by atoms with Gasteiger partial charge in [-0.25, -0.2) is 0 Å². The van der Waals surface area contributed by atoms with Gasteiger partial charge in [-0.05, 0) is 35.7 Å². The molecule has 0 bridgehead atoms. The molecule has 35 heavy (non-hydrogen) atoms. The van der Waals surface area contributed by atoms with Gasteiger partial charge in [0.25, 0.3) is 11.5 Å². The molecule has 2 amide bonds. The first-order valence-electron chi connectivity index (χ1n) is 10.4. The normalized spacial score (nSPS) is 14.5. The van der Waals surface area contributed by atoms with E-state index in [2.05, 4.69) is 15.4 Å². The van der Waals surface area contributed by atoms with Gasteiger partial charge in [0.15, 0.2) is 5.82 Å². The minimum atomic E-state index is -0.424. The Morgan fingerprint density at radius 1 is 1.06 bits per heavy atom. The fourth-order valence-electron chi connectivity index (χ4n) is 3.96. The van der Waals surface area contributed by atoms with Gasteiger partial charge < -0.3 is 5.32 Å². The molecule has 8 nitrogen and oxygen atoms in total. The topological polar surface area (TPSA) is 96.7 Å². The molecule has 5 aromatic rings. The molecule has 0 atom stereocenters. The zero-order valence-corrected chi connectivity index (χ0v) is 20.2. The number of fused-ring (bicyclic) bond motifs is 2. The first-order chi connectivity index (χ1) is 17.0. The molecule has 0 saturated heterocycles. The Labute approximate surface area is 210 Å². The molecule has 1 aliphatic rings. The second kappa shape index (κ2) is 8.42. The van der Waals surface area contributed by atoms with Gasteiger partial charge in [-0.3, -0.25) is 19.3 Å². The number of hydrogen-bond acceptors (Lipinski definition) is 7. The third-order valence-corrected chi connectivity index (χ3v) is 7.59. The molecule has 1 N–H and O–H groups in total. The number of para-hydroxylation sites is 1. The highest BCUT2D eigenvalue weighted by atomic mass is 35.5. The Bertz CT molecular complexity index is 1740. The van der Waals surface area contributed by atoms with Crippen LogP contribution in [0.15, 0.2) is 70.8 Å². The first-order valence-corrected chi connectivity index (χ1v) is 12.5. The number of benzene rings is 2. The Hall–Kier alpha value is -3.86. The minimum Gasteiger partial charge on any atom is -0.324 e. The van der Waals surface area contributed by atoms with Crippen molar-refractivity contribution in [3.05, 3.63) is 91.5 Å². The first kappa shape index (κ1) is 21.7. The van der Waals surface area contributed by atoms with E-state index in [1.54, 1.807) is 48.5 Å². The largest absolute Gasteiger partial charge is 0.324 e. The smallest absolute Gasteiger partial charge is 0.291 e. The summed E-state index contributed by atoms with van der Waals surface area (Å²) in [6.07, 6.45) is 0. The van der Waals surface area contributed by atoms with Crippen molar-refractivity contribution >= 4 is 68.0 Å². The molecule has 11 heteroatoms. The fourth-order valence-corrected chi connectivity index (χ4v) is 5.80. The highest BCUT2D eigenvalue weighted by Gasteiger charge is 2.35. The van der Waals surface area contributed by atoms with Gasteiger partial charge in [0.1, 0.15) is 11.1 Å². The van der Waals surface area contributed by atoms with Crippen LogP contribution < -0.4 is 20.3 Å². The lowest BCUT2D eigenvalue weighted by Gasteiger charge is -2.16. The molecule has 0 unspecified atom stereocenters. The van der Waals surface area contributed by atoms with Gasteiger partial charge in [-0.15, -0.1) is 16.4 Å². The average molecular weight is 520 g/mol. The van der Waals surface area contributed by atoms with Crippen LogP contribution >= 0.6 is 34.3 Å². The summed E-state index contributed by atoms with van der Waals surface area (Å²) in [6.45, 7) is -0.219. The van der Waals surface area contributed by atoms with Crippen molar-refractivity contribution in [1.82, 2.24) is 14.6 Å². The highest BCUT2D eigenvalue weighted by molar-refractivity contribution is 7.15. The molecular weight excluding hydrogens is 506 g/mol. The number of halogens is 1. The highest BCUT2D eigenvalue weighted by Crippen LogP contribution is 2.35. The summed E-state index contributed by atoms with van der Waals surface area (Å²) in [7, 11) is 0. The lowest BCUT2D eigenvalue weighted by Crippen LogP contribution is -2.37. The van der Waals surface area contributed by atoms with Gasteiger partial charge >= 0.3 is 0 Å². The Kier molecular flexibility index (Phi) is 5.21. The van der Waals surface area contributed by atoms with Crippen molar-refractivity contribution in [2.45, 2.75) is 0 Å². The molecule has 6 rings (SSSR count). The van der Waals surface area contributed by atoms with Crippen LogP contribution in [0.1, 0.15) is 5.56 Å². The number of nitrogens with one attached hydrogen (secondary N) is 1. The van der Waals surface area contributed by atoms with Gasteiger partial charge in [-0.1, -0.05) is 53.3 Å². The van der Waals surface area contributed by atoms with Crippen LogP contribution in [-0.2, 0) is 9.59 Å². The Balaban J connectivity index is 1.40. The van der Waals surface area contributed by atoms with Crippen LogP contribution in [0.5, 0.6) is 0 Å². The SMILES string of the molecule is O=C(CN1C(=O)C(=c2sc3nc(-c4cccs4)nn3c2=O)c2ccccc21)Nc1cccc(Cl)c1. The maximum Gasteiger partial charge on any atom is 0.291 e. The molecule has 0 radical (unpaired) electrons. The summed E-state index contributed by atoms with van der Waals surface area (Å²) in [5.41, 5.74) is 1.51. The van der Waals surface area contributed by atoms with E-state index in [0.717, 1.165) is 16.2 Å². The summed E-state index contributed by atoms with van der Waals surface area (Å²) < 4.78 is 1.47. The Morgan fingerprint density at radius 3 is 2.69 bits per heavy atom. The number of aromatic nitrogens is 3. The predicted octanol–water partition coefficient (Wildman–Crippen LogP) is 3.44. The number of amides is 2. The second-order valence-electron chi connectivity index (χ2n) is 7.69. The van der Waals surface area contributed by atoms with E-state index in [9.17, 15) is 14.4 Å². The molecule has 1 aliphatic heterocycles. The Morgan fingerprint density at radius 2 is 1.91 bits per heavy atom. The van der Waals surface area contributed by atoms with E-state index in [-0.39, 0.29) is 22.6 Å². The lowest BCUT2D eigenvalue weighted by molar-refractivity contribution is -0.118. The van der Waals surface area contributed by atoms with Crippen LogP contribution in [-0.4, -0.2) is 33.0 Å². The number of thiophene rings is 1. The molecule has 172 valence electrons. The lowest BCUT2D eigenvalue weighted by atomic mass is 10.1. The van der Waals surface area contributed by atoms with Gasteiger partial charge in [0, 0.05) is 16.3 Å². The third-order valence-electron chi connectivity index (χ3n) is 5.46. The maximum atomic E-state index is 13.5. The average Bonchev–Trinajstić information content (AvgIpc) is 3.60. The van der Waals surface area contributed by atoms with Crippen LogP contribution in [0.3, 0.4) is 0 Å². The van der Waals surface area contributed by atoms with Crippen molar-refractivity contribution in [3.63, 3.8) is 0 Å². The third kappa shape index (κ3) is 3.72. The van der Waals surface area contributed by atoms with Crippen LogP contribution in [0.2, 0.25) is 5.02 Å². The number of carbonyl (C=O) groups is 2. The summed E-state index contributed by atoms with van der Waals surface area (Å²) in [4.78, 5) is 46.6. The predicted molar refractivity (Wildman–Crippen MR) is 137 cm³/mol. The number of nitrogens with zero attached hydrogens (tertiary/aromatic N) is 4. The number of anilines is 2. The van der Waals surface area contributed by atoms with E-state index in [4.69, 9.17) is 11.6 Å². The van der Waals surface area contributed by atoms with Crippen LogP contribution in [0.4, 0.5) is 11.4 Å². The second-order valence-corrected chi connectivity index (χ2v) is 10.0. The molecule has 0 saturated carbocycles. The standard InChI is InChI=1S/C24H14ClN5O3S2/c25-13-5-3-6-14(11-13)26-18(31)12-29-16-8-2-1-7-15(16)19(22(29)32)20-23(33)30-24(35-20)27-21(28-30)17-9-4-10-34-17/h1-11H,12H2,(H,26,31). The molecular formula is C24H14ClN5O3S2. The quantitative estimate of drug-likeness (QED) is 0.392. The number of thiazole rings is 1. The van der Waals surface area contributed by atoms with E-state index >= 15 is 0 Å². The van der Waals surface area contributed by atoms with E-state index in [1.165, 1.54) is 20.8 Å². The van der Waals surface area contributed by atoms with Crippen LogP contribution in [0.25, 0.3) is 21.2 Å². The van der Waals surface area contributed by atoms with Crippen molar-refractivity contribution in [3.8, 4) is 10.7 Å². The van der Waals surface area contributed by atoms with Gasteiger partial charge in [0.2, 0.25) is 10.9 Å². The molecule has 0 spiro atoms. The van der Waals surface area contributed by atoms with Gasteiger partial charge in [0.05, 0.1) is 16.1 Å². The van der Waals surface area contributed by atoms with Crippen molar-refractivity contribution in [1.29, 1.82) is 0 Å². The molecule has 4 heterocycles. The number of carbonyl (C=O) groups excluding carboxylic acids is 2. The van der Waals surface area contributed by atoms with Crippen molar-refractivity contribution in [2.24, 2.45) is 0 Å². The molecule has 3 aromatic heterocycles. The van der Waals surface area contributed by atoms with Crippen LogP contribution in [0, 0.1) is 0 Å². The fraction of sp³-hybridized carbons (Fsp3) is 0.0417. The molecule has 0 fully saturated rings. The van der Waals surface area contributed by atoms with Crippen molar-refractivity contribution in [2.75, 3.05) is 16.8 Å². The summed E-state index contributed by atoms with van der Waals surface area (Å²) in [5.74, 6) is -0.341. The molecule has 0 aliphatic carbocycles. The van der Waals surface area contributed by atoms with E-state index in [0.29, 0.717) is 32.7 Å². The van der Waals surface area contributed by atoms with Crippen molar-refractivity contribution < 1.29 is 9.59 Å². The number of rotatable bonds is 4. The summed E-state index contributed by atoms with van der Waals surface area (Å²) >= 11 is 8.59. The monoisotopic (exact) mass is 519 g/mol. The minimum absolute atomic E-state index is 0.219. The maximum absolute atomic E-state index is 13.5. The van der Waals surface area contributed by atoms with E-state index < -0.39 is 11.5 Å².